The van der Waals surface area contributed by atoms with Gasteiger partial charge < -0.3 is 11.1 Å². The van der Waals surface area contributed by atoms with Gasteiger partial charge in [0.2, 0.25) is 5.91 Å². The maximum absolute atomic E-state index is 11.9. The molecule has 0 aliphatic carbocycles. The predicted molar refractivity (Wildman–Crippen MR) is 81.0 cm³/mol. The van der Waals surface area contributed by atoms with Gasteiger partial charge in [0.1, 0.15) is 0 Å². The zero-order valence-electron chi connectivity index (χ0n) is 10.6. The minimum Gasteiger partial charge on any atom is -0.329 e. The van der Waals surface area contributed by atoms with E-state index in [0.717, 1.165) is 25.1 Å². The Morgan fingerprint density at radius 3 is 3.00 bits per heavy atom. The molecule has 1 atom stereocenters. The quantitative estimate of drug-likeness (QED) is 0.896. The molecule has 0 radical (unpaired) electrons. The Balaban J connectivity index is 0.00000180. The molecule has 19 heavy (non-hydrogen) atoms. The average molecular weight is 304 g/mol. The maximum atomic E-state index is 11.9. The molecule has 1 saturated heterocycles. The molecular weight excluding hydrogens is 285 g/mol. The number of benzene rings is 1. The highest BCUT2D eigenvalue weighted by Gasteiger charge is 2.24. The third kappa shape index (κ3) is 4.66. The summed E-state index contributed by atoms with van der Waals surface area (Å²) in [4.78, 5) is 14.0. The van der Waals surface area contributed by atoms with Gasteiger partial charge in [-0.2, -0.15) is 0 Å². The van der Waals surface area contributed by atoms with E-state index in [4.69, 9.17) is 17.3 Å². The summed E-state index contributed by atoms with van der Waals surface area (Å²) in [5, 5.41) is 3.47. The normalized spacial score (nSPS) is 18.9. The molecule has 4 nitrogen and oxygen atoms in total. The van der Waals surface area contributed by atoms with Gasteiger partial charge in [-0.15, -0.1) is 12.4 Å². The highest BCUT2D eigenvalue weighted by Crippen LogP contribution is 2.17. The van der Waals surface area contributed by atoms with Crippen LogP contribution >= 0.6 is 24.0 Å². The van der Waals surface area contributed by atoms with Gasteiger partial charge in [0.05, 0.1) is 6.54 Å². The summed E-state index contributed by atoms with van der Waals surface area (Å²) in [5.41, 5.74) is 6.41. The van der Waals surface area contributed by atoms with E-state index in [2.05, 4.69) is 10.2 Å². The third-order valence-electron chi connectivity index (χ3n) is 3.23. The van der Waals surface area contributed by atoms with Crippen LogP contribution in [0.4, 0.5) is 5.69 Å². The van der Waals surface area contributed by atoms with Gasteiger partial charge in [0.25, 0.3) is 0 Å². The fourth-order valence-corrected chi connectivity index (χ4v) is 2.51. The number of anilines is 1. The summed E-state index contributed by atoms with van der Waals surface area (Å²) >= 11 is 5.87. The van der Waals surface area contributed by atoms with Crippen molar-refractivity contribution in [2.75, 3.05) is 25.0 Å². The van der Waals surface area contributed by atoms with Crippen LogP contribution in [-0.2, 0) is 4.79 Å². The Morgan fingerprint density at radius 2 is 2.32 bits per heavy atom. The number of likely N-dealkylation sites (tertiary alicyclic amines) is 1. The lowest BCUT2D eigenvalue weighted by molar-refractivity contribution is -0.117. The molecule has 106 valence electrons. The van der Waals surface area contributed by atoms with Crippen LogP contribution in [-0.4, -0.2) is 36.5 Å². The van der Waals surface area contributed by atoms with Crippen LogP contribution in [0.2, 0.25) is 5.02 Å². The van der Waals surface area contributed by atoms with Crippen molar-refractivity contribution >= 4 is 35.6 Å². The highest BCUT2D eigenvalue weighted by atomic mass is 35.5. The number of rotatable bonds is 4. The number of nitrogens with zero attached hydrogens (tertiary/aromatic N) is 1. The summed E-state index contributed by atoms with van der Waals surface area (Å²) in [6.07, 6.45) is 2.20. The lowest BCUT2D eigenvalue weighted by atomic mass is 10.2. The first-order chi connectivity index (χ1) is 8.69. The fourth-order valence-electron chi connectivity index (χ4n) is 2.32. The van der Waals surface area contributed by atoms with Crippen LogP contribution in [0.5, 0.6) is 0 Å². The highest BCUT2D eigenvalue weighted by molar-refractivity contribution is 6.30. The zero-order valence-corrected chi connectivity index (χ0v) is 12.2. The van der Waals surface area contributed by atoms with E-state index in [1.165, 1.54) is 0 Å². The number of hydrogen-bond donors (Lipinski definition) is 2. The van der Waals surface area contributed by atoms with E-state index in [1.54, 1.807) is 12.1 Å². The molecule has 1 aromatic carbocycles. The first kappa shape index (κ1) is 16.2. The van der Waals surface area contributed by atoms with Crippen molar-refractivity contribution in [2.24, 2.45) is 5.73 Å². The van der Waals surface area contributed by atoms with Crippen molar-refractivity contribution in [1.82, 2.24) is 4.90 Å². The molecule has 0 bridgehead atoms. The number of carbonyl (C=O) groups is 1. The monoisotopic (exact) mass is 303 g/mol. The van der Waals surface area contributed by atoms with Crippen molar-refractivity contribution in [3.63, 3.8) is 0 Å². The summed E-state index contributed by atoms with van der Waals surface area (Å²) in [7, 11) is 0. The van der Waals surface area contributed by atoms with Crippen LogP contribution in [0.25, 0.3) is 0 Å². The molecule has 0 spiro atoms. The first-order valence-corrected chi connectivity index (χ1v) is 6.56. The molecule has 1 aliphatic rings. The molecule has 1 amide bonds. The van der Waals surface area contributed by atoms with Crippen molar-refractivity contribution < 1.29 is 4.79 Å². The van der Waals surface area contributed by atoms with E-state index in [-0.39, 0.29) is 18.3 Å². The average Bonchev–Trinajstić information content (AvgIpc) is 2.76. The minimum atomic E-state index is -0.0161. The second-order valence-corrected chi connectivity index (χ2v) is 5.00. The third-order valence-corrected chi connectivity index (χ3v) is 3.46. The Morgan fingerprint density at radius 1 is 1.53 bits per heavy atom. The zero-order chi connectivity index (χ0) is 13.0. The SMILES string of the molecule is Cl.NCC1CCCN1CC(=O)Nc1cccc(Cl)c1. The topological polar surface area (TPSA) is 58.4 Å². The maximum Gasteiger partial charge on any atom is 0.238 e. The van der Waals surface area contributed by atoms with Crippen LogP contribution in [0.1, 0.15) is 12.8 Å². The van der Waals surface area contributed by atoms with Crippen LogP contribution in [0.3, 0.4) is 0 Å². The molecular formula is C13H19Cl2N3O. The molecule has 1 fully saturated rings. The second-order valence-electron chi connectivity index (χ2n) is 4.56. The van der Waals surface area contributed by atoms with Crippen LogP contribution in [0.15, 0.2) is 24.3 Å². The number of nitrogens with two attached hydrogens (primary N) is 1. The standard InChI is InChI=1S/C13H18ClN3O.ClH/c14-10-3-1-4-11(7-10)16-13(18)9-17-6-2-5-12(17)8-15;/h1,3-4,7,12H,2,5-6,8-9,15H2,(H,16,18);1H. The van der Waals surface area contributed by atoms with Gasteiger partial charge >= 0.3 is 0 Å². The number of carbonyl (C=O) groups excluding carboxylic acids is 1. The van der Waals surface area contributed by atoms with Crippen LogP contribution < -0.4 is 11.1 Å². The lowest BCUT2D eigenvalue weighted by Gasteiger charge is -2.22. The van der Waals surface area contributed by atoms with E-state index < -0.39 is 0 Å². The van der Waals surface area contributed by atoms with Crippen molar-refractivity contribution in [3.05, 3.63) is 29.3 Å². The predicted octanol–water partition coefficient (Wildman–Crippen LogP) is 2.12. The number of amides is 1. The largest absolute Gasteiger partial charge is 0.329 e. The summed E-state index contributed by atoms with van der Waals surface area (Å²) < 4.78 is 0. The van der Waals surface area contributed by atoms with Gasteiger partial charge in [-0.25, -0.2) is 0 Å². The molecule has 3 N–H and O–H groups in total. The van der Waals surface area contributed by atoms with Gasteiger partial charge in [-0.1, -0.05) is 17.7 Å². The van der Waals surface area contributed by atoms with Gasteiger partial charge in [0.15, 0.2) is 0 Å². The Kier molecular flexibility index (Phi) is 6.58. The van der Waals surface area contributed by atoms with Gasteiger partial charge in [-0.3, -0.25) is 9.69 Å². The van der Waals surface area contributed by atoms with Crippen molar-refractivity contribution in [2.45, 2.75) is 18.9 Å². The number of nitrogens with one attached hydrogen (secondary N) is 1. The van der Waals surface area contributed by atoms with Gasteiger partial charge in [-0.05, 0) is 37.6 Å². The summed E-state index contributed by atoms with van der Waals surface area (Å²) in [5.74, 6) is -0.0161. The lowest BCUT2D eigenvalue weighted by Crippen LogP contribution is -2.40. The van der Waals surface area contributed by atoms with Crippen LogP contribution in [0, 0.1) is 0 Å². The minimum absolute atomic E-state index is 0. The Hall–Kier alpha value is -0.810. The van der Waals surface area contributed by atoms with E-state index >= 15 is 0 Å². The van der Waals surface area contributed by atoms with E-state index in [9.17, 15) is 4.79 Å². The van der Waals surface area contributed by atoms with Crippen molar-refractivity contribution in [1.29, 1.82) is 0 Å². The molecule has 0 aromatic heterocycles. The number of hydrogen-bond acceptors (Lipinski definition) is 3. The van der Waals surface area contributed by atoms with E-state index in [0.29, 0.717) is 24.2 Å². The molecule has 1 aliphatic heterocycles. The smallest absolute Gasteiger partial charge is 0.238 e. The molecule has 2 rings (SSSR count). The molecule has 1 heterocycles. The molecule has 0 saturated carbocycles. The number of halogens is 2. The van der Waals surface area contributed by atoms with Gasteiger partial charge in [0, 0.05) is 23.3 Å². The Labute approximate surface area is 124 Å². The summed E-state index contributed by atoms with van der Waals surface area (Å²) in [6, 6.07) is 7.51. The Bertz CT molecular complexity index is 428. The molecule has 1 unspecified atom stereocenters. The van der Waals surface area contributed by atoms with Crippen molar-refractivity contribution in [3.8, 4) is 0 Å². The molecule has 1 aromatic rings. The molecule has 6 heteroatoms. The van der Waals surface area contributed by atoms with E-state index in [1.807, 2.05) is 12.1 Å². The summed E-state index contributed by atoms with van der Waals surface area (Å²) in [6.45, 7) is 1.96. The first-order valence-electron chi connectivity index (χ1n) is 6.18. The second kappa shape index (κ2) is 7.70. The fraction of sp³-hybridized carbons (Fsp3) is 0.462.